The van der Waals surface area contributed by atoms with Gasteiger partial charge in [0.05, 0.1) is 0 Å². The fourth-order valence-corrected chi connectivity index (χ4v) is 1.67. The second-order valence-electron chi connectivity index (χ2n) is 3.63. The predicted molar refractivity (Wildman–Crippen MR) is 57.4 cm³/mol. The van der Waals surface area contributed by atoms with Gasteiger partial charge in [0.2, 0.25) is 0 Å². The molecule has 80 valence electrons. The van der Waals surface area contributed by atoms with E-state index in [-0.39, 0.29) is 6.23 Å². The van der Waals surface area contributed by atoms with Crippen LogP contribution in [0.3, 0.4) is 0 Å². The third kappa shape index (κ3) is 1.86. The van der Waals surface area contributed by atoms with Gasteiger partial charge in [0.25, 0.3) is 0 Å². The number of oxazole rings is 1. The molecule has 1 aromatic carbocycles. The summed E-state index contributed by atoms with van der Waals surface area (Å²) in [6.07, 6.45) is 1.39. The standard InChI is InChI=1S/C11H14N2O2/c1-13(2)11(14-3)8-4-5-9-10(6-8)15-7-12-9/h4-7,11H,1-3H3. The number of hydrogen-bond donors (Lipinski definition) is 0. The Hall–Kier alpha value is -1.39. The Bertz CT molecular complexity index is 451. The van der Waals surface area contributed by atoms with Gasteiger partial charge in [0, 0.05) is 7.11 Å². The van der Waals surface area contributed by atoms with Crippen LogP contribution in [-0.2, 0) is 4.74 Å². The van der Waals surface area contributed by atoms with E-state index in [0.29, 0.717) is 0 Å². The normalized spacial score (nSPS) is 13.6. The van der Waals surface area contributed by atoms with Gasteiger partial charge in [0.1, 0.15) is 11.7 Å². The molecule has 1 atom stereocenters. The molecule has 0 spiro atoms. The number of fused-ring (bicyclic) bond motifs is 1. The van der Waals surface area contributed by atoms with Crippen molar-refractivity contribution in [2.75, 3.05) is 21.2 Å². The highest BCUT2D eigenvalue weighted by atomic mass is 16.5. The Morgan fingerprint density at radius 1 is 1.40 bits per heavy atom. The number of rotatable bonds is 3. The average molecular weight is 206 g/mol. The van der Waals surface area contributed by atoms with Gasteiger partial charge in [-0.3, -0.25) is 4.90 Å². The molecule has 4 nitrogen and oxygen atoms in total. The first-order chi connectivity index (χ1) is 7.22. The second kappa shape index (κ2) is 4.00. The zero-order valence-corrected chi connectivity index (χ0v) is 9.10. The summed E-state index contributed by atoms with van der Waals surface area (Å²) in [7, 11) is 5.63. The van der Waals surface area contributed by atoms with Crippen LogP contribution in [0.5, 0.6) is 0 Å². The molecule has 2 aromatic rings. The van der Waals surface area contributed by atoms with Crippen molar-refractivity contribution in [2.24, 2.45) is 0 Å². The third-order valence-electron chi connectivity index (χ3n) is 2.33. The maximum absolute atomic E-state index is 5.39. The number of hydrogen-bond acceptors (Lipinski definition) is 4. The lowest BCUT2D eigenvalue weighted by atomic mass is 10.1. The van der Waals surface area contributed by atoms with Crippen LogP contribution in [0.25, 0.3) is 11.1 Å². The van der Waals surface area contributed by atoms with Gasteiger partial charge in [-0.1, -0.05) is 6.07 Å². The van der Waals surface area contributed by atoms with Crippen LogP contribution in [-0.4, -0.2) is 31.1 Å². The molecule has 1 heterocycles. The van der Waals surface area contributed by atoms with Crippen molar-refractivity contribution in [3.8, 4) is 0 Å². The fraction of sp³-hybridized carbons (Fsp3) is 0.364. The highest BCUT2D eigenvalue weighted by Crippen LogP contribution is 2.22. The van der Waals surface area contributed by atoms with Crippen molar-refractivity contribution in [3.63, 3.8) is 0 Å². The number of aromatic nitrogens is 1. The number of nitrogens with zero attached hydrogens (tertiary/aromatic N) is 2. The van der Waals surface area contributed by atoms with Gasteiger partial charge in [-0.05, 0) is 31.8 Å². The molecule has 0 aliphatic heterocycles. The van der Waals surface area contributed by atoms with Crippen LogP contribution in [0.15, 0.2) is 29.0 Å². The van der Waals surface area contributed by atoms with Crippen LogP contribution >= 0.6 is 0 Å². The van der Waals surface area contributed by atoms with Crippen molar-refractivity contribution >= 4 is 11.1 Å². The molecule has 0 aliphatic carbocycles. The van der Waals surface area contributed by atoms with Crippen molar-refractivity contribution in [1.29, 1.82) is 0 Å². The van der Waals surface area contributed by atoms with Gasteiger partial charge in [-0.25, -0.2) is 4.98 Å². The molecule has 0 bridgehead atoms. The molecule has 0 aliphatic rings. The first kappa shape index (κ1) is 10.1. The van der Waals surface area contributed by atoms with E-state index in [1.165, 1.54) is 6.39 Å². The van der Waals surface area contributed by atoms with Crippen LogP contribution < -0.4 is 0 Å². The summed E-state index contributed by atoms with van der Waals surface area (Å²) in [5, 5.41) is 0. The summed E-state index contributed by atoms with van der Waals surface area (Å²) >= 11 is 0. The molecule has 15 heavy (non-hydrogen) atoms. The number of methoxy groups -OCH3 is 1. The van der Waals surface area contributed by atoms with E-state index in [1.807, 2.05) is 37.2 Å². The molecule has 4 heteroatoms. The van der Waals surface area contributed by atoms with Crippen LogP contribution in [0, 0.1) is 0 Å². The second-order valence-corrected chi connectivity index (χ2v) is 3.63. The lowest BCUT2D eigenvalue weighted by Crippen LogP contribution is -2.21. The fourth-order valence-electron chi connectivity index (χ4n) is 1.67. The smallest absolute Gasteiger partial charge is 0.181 e. The Balaban J connectivity index is 2.41. The Morgan fingerprint density at radius 2 is 2.20 bits per heavy atom. The summed E-state index contributed by atoms with van der Waals surface area (Å²) in [6.45, 7) is 0. The monoisotopic (exact) mass is 206 g/mol. The van der Waals surface area contributed by atoms with Crippen LogP contribution in [0.1, 0.15) is 11.8 Å². The van der Waals surface area contributed by atoms with Crippen LogP contribution in [0.2, 0.25) is 0 Å². The largest absolute Gasteiger partial charge is 0.443 e. The van der Waals surface area contributed by atoms with E-state index in [1.54, 1.807) is 7.11 Å². The van der Waals surface area contributed by atoms with E-state index >= 15 is 0 Å². The first-order valence-electron chi connectivity index (χ1n) is 4.74. The molecule has 0 fully saturated rings. The summed E-state index contributed by atoms with van der Waals surface area (Å²) < 4.78 is 10.6. The molecule has 2 rings (SSSR count). The molecule has 0 N–H and O–H groups in total. The summed E-state index contributed by atoms with van der Waals surface area (Å²) in [6, 6.07) is 5.89. The molecular formula is C11H14N2O2. The molecule has 0 saturated carbocycles. The highest BCUT2D eigenvalue weighted by molar-refractivity contribution is 5.72. The minimum absolute atomic E-state index is 0.0560. The van der Waals surface area contributed by atoms with Crippen molar-refractivity contribution < 1.29 is 9.15 Å². The van der Waals surface area contributed by atoms with Gasteiger partial charge in [-0.2, -0.15) is 0 Å². The lowest BCUT2D eigenvalue weighted by Gasteiger charge is -2.22. The average Bonchev–Trinajstić information content (AvgIpc) is 2.65. The highest BCUT2D eigenvalue weighted by Gasteiger charge is 2.13. The Kier molecular flexibility index (Phi) is 2.70. The summed E-state index contributed by atoms with van der Waals surface area (Å²) in [4.78, 5) is 6.07. The molecule has 0 radical (unpaired) electrons. The molecule has 0 saturated heterocycles. The van der Waals surface area contributed by atoms with Crippen molar-refractivity contribution in [3.05, 3.63) is 30.2 Å². The quantitative estimate of drug-likeness (QED) is 0.720. The minimum atomic E-state index is -0.0560. The molecule has 0 amide bonds. The van der Waals surface area contributed by atoms with Crippen molar-refractivity contribution in [2.45, 2.75) is 6.23 Å². The third-order valence-corrected chi connectivity index (χ3v) is 2.33. The SMILES string of the molecule is COC(c1ccc2ncoc2c1)N(C)C. The van der Waals surface area contributed by atoms with E-state index in [9.17, 15) is 0 Å². The molecule has 1 unspecified atom stereocenters. The van der Waals surface area contributed by atoms with Gasteiger partial charge in [0.15, 0.2) is 12.0 Å². The summed E-state index contributed by atoms with van der Waals surface area (Å²) in [5.74, 6) is 0. The van der Waals surface area contributed by atoms with E-state index in [0.717, 1.165) is 16.7 Å². The van der Waals surface area contributed by atoms with Gasteiger partial charge in [-0.15, -0.1) is 0 Å². The topological polar surface area (TPSA) is 38.5 Å². The van der Waals surface area contributed by atoms with E-state index in [2.05, 4.69) is 4.98 Å². The lowest BCUT2D eigenvalue weighted by molar-refractivity contribution is -0.00535. The van der Waals surface area contributed by atoms with Gasteiger partial charge < -0.3 is 9.15 Å². The molecular weight excluding hydrogens is 192 g/mol. The predicted octanol–water partition coefficient (Wildman–Crippen LogP) is 2.03. The maximum atomic E-state index is 5.39. The summed E-state index contributed by atoms with van der Waals surface area (Å²) in [5.41, 5.74) is 2.72. The molecule has 1 aromatic heterocycles. The van der Waals surface area contributed by atoms with E-state index < -0.39 is 0 Å². The van der Waals surface area contributed by atoms with Crippen molar-refractivity contribution in [1.82, 2.24) is 9.88 Å². The zero-order valence-electron chi connectivity index (χ0n) is 9.10. The minimum Gasteiger partial charge on any atom is -0.443 e. The Labute approximate surface area is 88.5 Å². The maximum Gasteiger partial charge on any atom is 0.181 e. The van der Waals surface area contributed by atoms with Crippen LogP contribution in [0.4, 0.5) is 0 Å². The number of benzene rings is 1. The van der Waals surface area contributed by atoms with E-state index in [4.69, 9.17) is 9.15 Å². The zero-order chi connectivity index (χ0) is 10.8. The number of ether oxygens (including phenoxy) is 1. The van der Waals surface area contributed by atoms with Gasteiger partial charge >= 0.3 is 0 Å². The first-order valence-corrected chi connectivity index (χ1v) is 4.74. The Morgan fingerprint density at radius 3 is 2.87 bits per heavy atom.